The third-order valence-corrected chi connectivity index (χ3v) is 4.29. The van der Waals surface area contributed by atoms with Crippen LogP contribution in [0.5, 0.6) is 0 Å². The fraction of sp³-hybridized carbons (Fsp3) is 0.188. The second kappa shape index (κ2) is 7.23. The molecule has 0 aliphatic heterocycles. The number of halogens is 1. The van der Waals surface area contributed by atoms with Gasteiger partial charge < -0.3 is 5.32 Å². The monoisotopic (exact) mass is 334 g/mol. The summed E-state index contributed by atoms with van der Waals surface area (Å²) in [6, 6.07) is 10.2. The summed E-state index contributed by atoms with van der Waals surface area (Å²) in [5, 5.41) is 13.0. The van der Waals surface area contributed by atoms with Crippen LogP contribution in [-0.2, 0) is 4.79 Å². The number of hydrogen-bond donors (Lipinski definition) is 1. The minimum atomic E-state index is -0.470. The lowest BCUT2D eigenvalue weighted by molar-refractivity contribution is -0.384. The minimum absolute atomic E-state index is 0.00777. The Hall–Kier alpha value is -2.41. The maximum atomic E-state index is 13.1. The summed E-state index contributed by atoms with van der Waals surface area (Å²) in [5.41, 5.74) is 1.21. The van der Waals surface area contributed by atoms with Crippen molar-refractivity contribution in [3.63, 3.8) is 0 Å². The van der Waals surface area contributed by atoms with E-state index in [9.17, 15) is 19.3 Å². The van der Waals surface area contributed by atoms with Crippen LogP contribution in [0.2, 0.25) is 0 Å². The zero-order chi connectivity index (χ0) is 17.0. The first-order valence-corrected chi connectivity index (χ1v) is 7.73. The first-order valence-electron chi connectivity index (χ1n) is 6.85. The van der Waals surface area contributed by atoms with Crippen LogP contribution in [0.4, 0.5) is 15.8 Å². The summed E-state index contributed by atoms with van der Waals surface area (Å²) in [5.74, 6) is -0.572. The van der Waals surface area contributed by atoms with Crippen molar-refractivity contribution < 1.29 is 14.1 Å². The van der Waals surface area contributed by atoms with Crippen LogP contribution in [0, 0.1) is 22.9 Å². The van der Waals surface area contributed by atoms with E-state index in [4.69, 9.17) is 0 Å². The first-order chi connectivity index (χ1) is 10.9. The molecule has 7 heteroatoms. The molecule has 0 fully saturated rings. The molecule has 0 unspecified atom stereocenters. The molecule has 23 heavy (non-hydrogen) atoms. The molecule has 2 aromatic rings. The van der Waals surface area contributed by atoms with E-state index in [1.165, 1.54) is 42.1 Å². The second-order valence-corrected chi connectivity index (χ2v) is 6.37. The Kier molecular flexibility index (Phi) is 5.33. The molecule has 0 spiro atoms. The van der Waals surface area contributed by atoms with Crippen molar-refractivity contribution in [2.75, 3.05) is 5.32 Å². The van der Waals surface area contributed by atoms with E-state index in [0.29, 0.717) is 11.3 Å². The van der Waals surface area contributed by atoms with Gasteiger partial charge in [0.25, 0.3) is 5.69 Å². The predicted molar refractivity (Wildman–Crippen MR) is 88.2 cm³/mol. The third-order valence-electron chi connectivity index (χ3n) is 3.18. The number of nitrogens with one attached hydrogen (secondary N) is 1. The maximum Gasteiger partial charge on any atom is 0.269 e. The molecule has 0 bridgehead atoms. The van der Waals surface area contributed by atoms with Crippen LogP contribution in [0.15, 0.2) is 47.4 Å². The topological polar surface area (TPSA) is 72.2 Å². The molecule has 0 aliphatic rings. The molecule has 0 saturated carbocycles. The molecule has 0 heterocycles. The van der Waals surface area contributed by atoms with Crippen molar-refractivity contribution in [2.24, 2.45) is 0 Å². The Morgan fingerprint density at radius 3 is 2.48 bits per heavy atom. The summed E-state index contributed by atoms with van der Waals surface area (Å²) >= 11 is 1.29. The molecule has 1 amide bonds. The predicted octanol–water partition coefficient (Wildman–Crippen LogP) is 4.16. The van der Waals surface area contributed by atoms with Gasteiger partial charge in [-0.15, -0.1) is 11.8 Å². The number of anilines is 1. The van der Waals surface area contributed by atoms with Gasteiger partial charge in [0.05, 0.1) is 10.2 Å². The molecule has 0 aliphatic carbocycles. The largest absolute Gasteiger partial charge is 0.325 e. The van der Waals surface area contributed by atoms with E-state index in [1.54, 1.807) is 26.0 Å². The lowest BCUT2D eigenvalue weighted by Gasteiger charge is -2.13. The van der Waals surface area contributed by atoms with Gasteiger partial charge in [0.15, 0.2) is 0 Å². The second-order valence-electron chi connectivity index (χ2n) is 4.96. The number of hydrogen-bond acceptors (Lipinski definition) is 4. The zero-order valence-corrected chi connectivity index (χ0v) is 13.4. The third kappa shape index (κ3) is 4.53. The molecular weight excluding hydrogens is 319 g/mol. The number of amides is 1. The van der Waals surface area contributed by atoms with Crippen molar-refractivity contribution >= 4 is 29.0 Å². The fourth-order valence-corrected chi connectivity index (χ4v) is 2.77. The number of carbonyl (C=O) groups is 1. The van der Waals surface area contributed by atoms with E-state index in [1.807, 2.05) is 0 Å². The van der Waals surface area contributed by atoms with Crippen molar-refractivity contribution in [3.05, 3.63) is 64.0 Å². The average Bonchev–Trinajstić information content (AvgIpc) is 2.50. The van der Waals surface area contributed by atoms with Gasteiger partial charge in [-0.2, -0.15) is 0 Å². The number of nitrogens with zero attached hydrogens (tertiary/aromatic N) is 1. The number of aryl methyl sites for hydroxylation is 1. The van der Waals surface area contributed by atoms with E-state index in [0.717, 1.165) is 4.90 Å². The molecule has 0 radical (unpaired) electrons. The van der Waals surface area contributed by atoms with E-state index in [-0.39, 0.29) is 17.4 Å². The molecule has 0 saturated heterocycles. The van der Waals surface area contributed by atoms with Crippen LogP contribution < -0.4 is 5.32 Å². The standard InChI is InChI=1S/C16H15FN2O3S/c1-10-9-12(17)3-8-15(10)18-16(20)11(2)23-14-6-4-13(5-7-14)19(21)22/h3-9,11H,1-2H3,(H,18,20)/t11-/m0/s1. The van der Waals surface area contributed by atoms with Gasteiger partial charge in [0.2, 0.25) is 5.91 Å². The maximum absolute atomic E-state index is 13.1. The molecule has 1 atom stereocenters. The Balaban J connectivity index is 2.00. The SMILES string of the molecule is Cc1cc(F)ccc1NC(=O)[C@H](C)Sc1ccc([N+](=O)[O-])cc1. The molecule has 2 aromatic carbocycles. The van der Waals surface area contributed by atoms with Crippen molar-refractivity contribution in [2.45, 2.75) is 24.0 Å². The number of rotatable bonds is 5. The number of benzene rings is 2. The highest BCUT2D eigenvalue weighted by atomic mass is 32.2. The average molecular weight is 334 g/mol. The smallest absolute Gasteiger partial charge is 0.269 e. The first kappa shape index (κ1) is 17.0. The number of non-ortho nitro benzene ring substituents is 1. The molecule has 5 nitrogen and oxygen atoms in total. The van der Waals surface area contributed by atoms with Crippen molar-refractivity contribution in [1.29, 1.82) is 0 Å². The van der Waals surface area contributed by atoms with E-state index >= 15 is 0 Å². The summed E-state index contributed by atoms with van der Waals surface area (Å²) in [6.45, 7) is 3.45. The van der Waals surface area contributed by atoms with Gasteiger partial charge in [-0.05, 0) is 49.7 Å². The highest BCUT2D eigenvalue weighted by Gasteiger charge is 2.16. The molecule has 120 valence electrons. The minimum Gasteiger partial charge on any atom is -0.325 e. The van der Waals surface area contributed by atoms with Gasteiger partial charge in [-0.1, -0.05) is 0 Å². The van der Waals surface area contributed by atoms with Crippen molar-refractivity contribution in [1.82, 2.24) is 0 Å². The molecular formula is C16H15FN2O3S. The zero-order valence-electron chi connectivity index (χ0n) is 12.6. The Labute approximate surface area is 137 Å². The van der Waals surface area contributed by atoms with E-state index < -0.39 is 10.2 Å². The van der Waals surface area contributed by atoms with Gasteiger partial charge >= 0.3 is 0 Å². The summed E-state index contributed by atoms with van der Waals surface area (Å²) in [6.07, 6.45) is 0. The normalized spacial score (nSPS) is 11.8. The van der Waals surface area contributed by atoms with Gasteiger partial charge in [-0.25, -0.2) is 4.39 Å². The Bertz CT molecular complexity index is 735. The lowest BCUT2D eigenvalue weighted by atomic mass is 10.2. The number of carbonyl (C=O) groups excluding carboxylic acids is 1. The van der Waals surface area contributed by atoms with Crippen molar-refractivity contribution in [3.8, 4) is 0 Å². The number of nitro groups is 1. The summed E-state index contributed by atoms with van der Waals surface area (Å²) in [4.78, 5) is 23.1. The quantitative estimate of drug-likeness (QED) is 0.506. The molecule has 0 aromatic heterocycles. The molecule has 1 N–H and O–H groups in total. The van der Waals surface area contributed by atoms with Crippen LogP contribution >= 0.6 is 11.8 Å². The van der Waals surface area contributed by atoms with Crippen LogP contribution in [0.25, 0.3) is 0 Å². The van der Waals surface area contributed by atoms with Gasteiger partial charge in [0, 0.05) is 22.7 Å². The number of nitro benzene ring substituents is 1. The fourth-order valence-electron chi connectivity index (χ4n) is 1.91. The highest BCUT2D eigenvalue weighted by molar-refractivity contribution is 8.00. The van der Waals surface area contributed by atoms with Crippen LogP contribution in [-0.4, -0.2) is 16.1 Å². The highest BCUT2D eigenvalue weighted by Crippen LogP contribution is 2.26. The Morgan fingerprint density at radius 1 is 1.26 bits per heavy atom. The lowest BCUT2D eigenvalue weighted by Crippen LogP contribution is -2.22. The van der Waals surface area contributed by atoms with Crippen LogP contribution in [0.1, 0.15) is 12.5 Å². The summed E-state index contributed by atoms with van der Waals surface area (Å²) < 4.78 is 13.1. The van der Waals surface area contributed by atoms with Gasteiger partial charge in [0.1, 0.15) is 5.82 Å². The number of thioether (sulfide) groups is 1. The molecule has 2 rings (SSSR count). The van der Waals surface area contributed by atoms with Gasteiger partial charge in [-0.3, -0.25) is 14.9 Å². The summed E-state index contributed by atoms with van der Waals surface area (Å²) in [7, 11) is 0. The van der Waals surface area contributed by atoms with E-state index in [2.05, 4.69) is 5.32 Å². The Morgan fingerprint density at radius 2 is 1.91 bits per heavy atom. The van der Waals surface area contributed by atoms with Crippen LogP contribution in [0.3, 0.4) is 0 Å².